The van der Waals surface area contributed by atoms with Crippen molar-refractivity contribution in [1.82, 2.24) is 5.32 Å². The number of carbonyl (C=O) groups excluding carboxylic acids is 1. The quantitative estimate of drug-likeness (QED) is 0.840. The molecule has 0 fully saturated rings. The van der Waals surface area contributed by atoms with Gasteiger partial charge in [-0.05, 0) is 48.6 Å². The summed E-state index contributed by atoms with van der Waals surface area (Å²) in [4.78, 5) is 14.2. The molecule has 0 aromatic heterocycles. The number of anilines is 1. The summed E-state index contributed by atoms with van der Waals surface area (Å²) >= 11 is 0. The van der Waals surface area contributed by atoms with Crippen LogP contribution in [-0.2, 0) is 12.8 Å². The molecule has 1 N–H and O–H groups in total. The number of nitrogens with zero attached hydrogens (tertiary/aromatic N) is 1. The first kappa shape index (κ1) is 16.4. The minimum atomic E-state index is -0.107. The van der Waals surface area contributed by atoms with E-state index in [1.807, 2.05) is 30.3 Å². The summed E-state index contributed by atoms with van der Waals surface area (Å²) in [5.74, 6) is 0.772. The average molecular weight is 324 g/mol. The lowest BCUT2D eigenvalue weighted by atomic mass is 10.0. The van der Waals surface area contributed by atoms with Crippen LogP contribution in [0.3, 0.4) is 0 Å². The van der Waals surface area contributed by atoms with Crippen molar-refractivity contribution in [2.45, 2.75) is 32.6 Å². The van der Waals surface area contributed by atoms with Crippen molar-refractivity contribution >= 4 is 11.7 Å². The molecule has 0 radical (unpaired) electrons. The smallest absolute Gasteiger partial charge is 0.324 e. The number of hydrogen-bond donors (Lipinski definition) is 1. The Kier molecular flexibility index (Phi) is 5.36. The van der Waals surface area contributed by atoms with Crippen LogP contribution in [0.5, 0.6) is 5.75 Å². The summed E-state index contributed by atoms with van der Waals surface area (Å²) in [7, 11) is 0. The van der Waals surface area contributed by atoms with Gasteiger partial charge < -0.3 is 10.1 Å². The molecular formula is C20H24N2O2. The number of carbonyl (C=O) groups is 1. The number of nitrogens with one attached hydrogen (secondary N) is 1. The standard InChI is InChI=1S/C20H24N2O2/c1-2-6-16-10-12-18(13-11-16)24-15-21-20(23)22-14-5-8-17-7-3-4-9-19(17)22/h3-4,7,9-13H,2,5-6,8,14-15H2,1H3,(H,21,23). The first-order valence-electron chi connectivity index (χ1n) is 8.63. The lowest BCUT2D eigenvalue weighted by Gasteiger charge is -2.29. The molecule has 4 nitrogen and oxygen atoms in total. The molecule has 0 bridgehead atoms. The summed E-state index contributed by atoms with van der Waals surface area (Å²) < 4.78 is 5.63. The Bertz CT molecular complexity index is 682. The minimum Gasteiger partial charge on any atom is -0.473 e. The lowest BCUT2D eigenvalue weighted by molar-refractivity contribution is 0.228. The van der Waals surface area contributed by atoms with Crippen LogP contribution >= 0.6 is 0 Å². The molecule has 4 heteroatoms. The SMILES string of the molecule is CCCc1ccc(OCNC(=O)N2CCCc3ccccc32)cc1. The predicted octanol–water partition coefficient (Wildman–Crippen LogP) is 4.14. The number of para-hydroxylation sites is 1. The number of amides is 2. The van der Waals surface area contributed by atoms with E-state index in [0.717, 1.165) is 43.7 Å². The fourth-order valence-corrected chi connectivity index (χ4v) is 3.06. The highest BCUT2D eigenvalue weighted by molar-refractivity contribution is 5.93. The van der Waals surface area contributed by atoms with E-state index >= 15 is 0 Å². The van der Waals surface area contributed by atoms with Crippen molar-refractivity contribution in [3.8, 4) is 5.75 Å². The van der Waals surface area contributed by atoms with Gasteiger partial charge in [-0.25, -0.2) is 4.79 Å². The molecular weight excluding hydrogens is 300 g/mol. The second kappa shape index (κ2) is 7.86. The van der Waals surface area contributed by atoms with E-state index in [2.05, 4.69) is 30.4 Å². The van der Waals surface area contributed by atoms with Gasteiger partial charge in [0, 0.05) is 12.2 Å². The number of hydrogen-bond acceptors (Lipinski definition) is 2. The largest absolute Gasteiger partial charge is 0.473 e. The summed E-state index contributed by atoms with van der Waals surface area (Å²) in [5, 5.41) is 2.85. The molecule has 2 aromatic rings. The van der Waals surface area contributed by atoms with Gasteiger partial charge in [-0.3, -0.25) is 4.90 Å². The summed E-state index contributed by atoms with van der Waals surface area (Å²) in [6.07, 6.45) is 4.23. The van der Waals surface area contributed by atoms with Crippen LogP contribution in [0.25, 0.3) is 0 Å². The molecule has 1 aliphatic rings. The van der Waals surface area contributed by atoms with Crippen LogP contribution in [0.2, 0.25) is 0 Å². The Morgan fingerprint density at radius 1 is 1.17 bits per heavy atom. The number of benzene rings is 2. The molecule has 0 aliphatic carbocycles. The Morgan fingerprint density at radius 2 is 1.96 bits per heavy atom. The topological polar surface area (TPSA) is 41.6 Å². The average Bonchev–Trinajstić information content (AvgIpc) is 2.63. The van der Waals surface area contributed by atoms with Crippen LogP contribution in [0.1, 0.15) is 30.9 Å². The molecule has 0 atom stereocenters. The van der Waals surface area contributed by atoms with Gasteiger partial charge in [-0.15, -0.1) is 0 Å². The van der Waals surface area contributed by atoms with Crippen molar-refractivity contribution in [1.29, 1.82) is 0 Å². The van der Waals surface area contributed by atoms with Gasteiger partial charge in [0.05, 0.1) is 0 Å². The second-order valence-corrected chi connectivity index (χ2v) is 6.05. The molecule has 126 valence electrons. The van der Waals surface area contributed by atoms with Crippen molar-refractivity contribution in [3.05, 3.63) is 59.7 Å². The Hall–Kier alpha value is -2.49. The number of ether oxygens (including phenoxy) is 1. The van der Waals surface area contributed by atoms with Crippen molar-refractivity contribution < 1.29 is 9.53 Å². The van der Waals surface area contributed by atoms with Gasteiger partial charge in [0.2, 0.25) is 0 Å². The van der Waals surface area contributed by atoms with E-state index in [9.17, 15) is 4.79 Å². The Morgan fingerprint density at radius 3 is 2.75 bits per heavy atom. The Balaban J connectivity index is 1.53. The fraction of sp³-hybridized carbons (Fsp3) is 0.350. The second-order valence-electron chi connectivity index (χ2n) is 6.05. The van der Waals surface area contributed by atoms with Crippen LogP contribution in [0, 0.1) is 0 Å². The summed E-state index contributed by atoms with van der Waals surface area (Å²) in [6.45, 7) is 3.08. The van der Waals surface area contributed by atoms with Gasteiger partial charge >= 0.3 is 6.03 Å². The van der Waals surface area contributed by atoms with Crippen LogP contribution in [0.4, 0.5) is 10.5 Å². The fourth-order valence-electron chi connectivity index (χ4n) is 3.06. The summed E-state index contributed by atoms with van der Waals surface area (Å²) in [6, 6.07) is 16.0. The van der Waals surface area contributed by atoms with Gasteiger partial charge in [-0.1, -0.05) is 43.7 Å². The van der Waals surface area contributed by atoms with Crippen LogP contribution in [0.15, 0.2) is 48.5 Å². The van der Waals surface area contributed by atoms with E-state index in [1.54, 1.807) is 4.90 Å². The lowest BCUT2D eigenvalue weighted by Crippen LogP contribution is -2.44. The third-order valence-corrected chi connectivity index (χ3v) is 4.28. The van der Waals surface area contributed by atoms with E-state index in [1.165, 1.54) is 11.1 Å². The number of aryl methyl sites for hydroxylation is 2. The van der Waals surface area contributed by atoms with E-state index < -0.39 is 0 Å². The molecule has 0 saturated carbocycles. The molecule has 0 spiro atoms. The van der Waals surface area contributed by atoms with E-state index in [4.69, 9.17) is 4.74 Å². The normalized spacial score (nSPS) is 13.3. The molecule has 0 unspecified atom stereocenters. The maximum Gasteiger partial charge on any atom is 0.324 e. The third kappa shape index (κ3) is 3.88. The first-order valence-corrected chi connectivity index (χ1v) is 8.63. The van der Waals surface area contributed by atoms with Gasteiger partial charge in [0.15, 0.2) is 6.73 Å². The van der Waals surface area contributed by atoms with Crippen LogP contribution in [-0.4, -0.2) is 19.3 Å². The predicted molar refractivity (Wildman–Crippen MR) is 96.6 cm³/mol. The maximum absolute atomic E-state index is 12.4. The zero-order valence-electron chi connectivity index (χ0n) is 14.1. The molecule has 0 saturated heterocycles. The monoisotopic (exact) mass is 324 g/mol. The molecule has 2 aromatic carbocycles. The first-order chi connectivity index (χ1) is 11.8. The van der Waals surface area contributed by atoms with Crippen molar-refractivity contribution in [2.75, 3.05) is 18.2 Å². The zero-order valence-corrected chi connectivity index (χ0v) is 14.1. The maximum atomic E-state index is 12.4. The van der Waals surface area contributed by atoms with Crippen LogP contribution < -0.4 is 15.0 Å². The molecule has 2 amide bonds. The van der Waals surface area contributed by atoms with Gasteiger partial charge in [0.25, 0.3) is 0 Å². The highest BCUT2D eigenvalue weighted by Gasteiger charge is 2.21. The van der Waals surface area contributed by atoms with Gasteiger partial charge in [0.1, 0.15) is 5.75 Å². The van der Waals surface area contributed by atoms with Crippen molar-refractivity contribution in [2.24, 2.45) is 0 Å². The van der Waals surface area contributed by atoms with Crippen molar-refractivity contribution in [3.63, 3.8) is 0 Å². The molecule has 1 heterocycles. The minimum absolute atomic E-state index is 0.107. The summed E-state index contributed by atoms with van der Waals surface area (Å²) in [5.41, 5.74) is 3.54. The third-order valence-electron chi connectivity index (χ3n) is 4.28. The number of urea groups is 1. The number of rotatable bonds is 5. The van der Waals surface area contributed by atoms with Gasteiger partial charge in [-0.2, -0.15) is 0 Å². The molecule has 1 aliphatic heterocycles. The molecule has 24 heavy (non-hydrogen) atoms. The van der Waals surface area contributed by atoms with E-state index in [0.29, 0.717) is 0 Å². The highest BCUT2D eigenvalue weighted by Crippen LogP contribution is 2.26. The highest BCUT2D eigenvalue weighted by atomic mass is 16.5. The Labute approximate surface area is 143 Å². The van der Waals surface area contributed by atoms with E-state index in [-0.39, 0.29) is 12.8 Å². The zero-order chi connectivity index (χ0) is 16.8. The molecule has 3 rings (SSSR count). The number of fused-ring (bicyclic) bond motifs is 1.